The van der Waals surface area contributed by atoms with E-state index in [0.717, 1.165) is 4.88 Å². The second-order valence-corrected chi connectivity index (χ2v) is 5.17. The predicted molar refractivity (Wildman–Crippen MR) is 72.3 cm³/mol. The zero-order valence-corrected chi connectivity index (χ0v) is 11.1. The van der Waals surface area contributed by atoms with Crippen molar-refractivity contribution in [1.82, 2.24) is 10.2 Å². The number of hydrogen-bond acceptors (Lipinski definition) is 3. The van der Waals surface area contributed by atoms with Gasteiger partial charge in [-0.1, -0.05) is 0 Å². The van der Waals surface area contributed by atoms with Gasteiger partial charge in [0, 0.05) is 37.0 Å². The minimum atomic E-state index is -0.0284. The fourth-order valence-electron chi connectivity index (χ4n) is 1.79. The molecule has 1 aliphatic heterocycles. The van der Waals surface area contributed by atoms with Gasteiger partial charge in [-0.3, -0.25) is 9.59 Å². The number of amides is 2. The van der Waals surface area contributed by atoms with E-state index < -0.39 is 0 Å². The lowest BCUT2D eigenvalue weighted by molar-refractivity contribution is -0.125. The van der Waals surface area contributed by atoms with Crippen molar-refractivity contribution in [3.05, 3.63) is 28.0 Å². The third kappa shape index (κ3) is 3.20. The van der Waals surface area contributed by atoms with Crippen molar-refractivity contribution in [2.75, 3.05) is 19.6 Å². The average Bonchev–Trinajstić information content (AvgIpc) is 2.62. The smallest absolute Gasteiger partial charge is 0.246 e. The minimum absolute atomic E-state index is 0.0170. The molecule has 0 atom stereocenters. The van der Waals surface area contributed by atoms with E-state index in [9.17, 15) is 9.59 Å². The Morgan fingerprint density at radius 3 is 3.06 bits per heavy atom. The molecule has 2 heterocycles. The maximum absolute atomic E-state index is 12.0. The van der Waals surface area contributed by atoms with E-state index in [1.807, 2.05) is 24.4 Å². The molecule has 2 amide bonds. The Hall–Kier alpha value is -1.62. The number of carbonyl (C=O) groups excluding carboxylic acids is 2. The standard InChI is InChI=1S/C13H16N2O2S/c1-10-5-9-18-11(10)2-3-13(17)15-7-4-12(16)14-6-8-15/h2-3,5,9H,4,6-8H2,1H3,(H,14,16)/b3-2+. The second kappa shape index (κ2) is 5.82. The van der Waals surface area contributed by atoms with Crippen molar-refractivity contribution in [2.24, 2.45) is 0 Å². The number of nitrogens with one attached hydrogen (secondary N) is 1. The SMILES string of the molecule is Cc1ccsc1/C=C/C(=O)N1CCNC(=O)CC1. The Kier molecular flexibility index (Phi) is 4.15. The van der Waals surface area contributed by atoms with Crippen molar-refractivity contribution in [1.29, 1.82) is 0 Å². The number of hydrogen-bond donors (Lipinski definition) is 1. The summed E-state index contributed by atoms with van der Waals surface area (Å²) >= 11 is 1.62. The molecule has 1 N–H and O–H groups in total. The maximum atomic E-state index is 12.0. The molecule has 0 radical (unpaired) electrons. The Bertz CT molecular complexity index is 479. The largest absolute Gasteiger partial charge is 0.354 e. The van der Waals surface area contributed by atoms with Crippen LogP contribution in [0.2, 0.25) is 0 Å². The van der Waals surface area contributed by atoms with Gasteiger partial charge in [-0.05, 0) is 30.0 Å². The molecule has 2 rings (SSSR count). The first kappa shape index (κ1) is 12.8. The zero-order valence-electron chi connectivity index (χ0n) is 10.3. The fraction of sp³-hybridized carbons (Fsp3) is 0.385. The summed E-state index contributed by atoms with van der Waals surface area (Å²) in [5, 5.41) is 4.76. The van der Waals surface area contributed by atoms with E-state index in [1.165, 1.54) is 5.56 Å². The van der Waals surface area contributed by atoms with Crippen LogP contribution in [0, 0.1) is 6.92 Å². The van der Waals surface area contributed by atoms with Crippen LogP contribution in [0.15, 0.2) is 17.5 Å². The number of nitrogens with zero attached hydrogens (tertiary/aromatic N) is 1. The van der Waals surface area contributed by atoms with Crippen LogP contribution in [-0.2, 0) is 9.59 Å². The predicted octanol–water partition coefficient (Wildman–Crippen LogP) is 1.42. The first-order chi connectivity index (χ1) is 8.66. The third-order valence-electron chi connectivity index (χ3n) is 2.90. The molecule has 5 heteroatoms. The maximum Gasteiger partial charge on any atom is 0.246 e. The van der Waals surface area contributed by atoms with E-state index in [2.05, 4.69) is 5.32 Å². The van der Waals surface area contributed by atoms with Gasteiger partial charge in [0.05, 0.1) is 0 Å². The molecule has 0 bridgehead atoms. The monoisotopic (exact) mass is 264 g/mol. The van der Waals surface area contributed by atoms with Crippen molar-refractivity contribution >= 4 is 29.2 Å². The lowest BCUT2D eigenvalue weighted by Crippen LogP contribution is -2.32. The van der Waals surface area contributed by atoms with E-state index in [1.54, 1.807) is 22.3 Å². The van der Waals surface area contributed by atoms with Gasteiger partial charge in [-0.2, -0.15) is 0 Å². The number of thiophene rings is 1. The summed E-state index contributed by atoms with van der Waals surface area (Å²) < 4.78 is 0. The van der Waals surface area contributed by atoms with Crippen LogP contribution in [0.25, 0.3) is 6.08 Å². The van der Waals surface area contributed by atoms with Crippen LogP contribution in [0.5, 0.6) is 0 Å². The molecule has 0 aliphatic carbocycles. The lowest BCUT2D eigenvalue weighted by atomic mass is 10.2. The fourth-order valence-corrected chi connectivity index (χ4v) is 2.61. The molecule has 4 nitrogen and oxygen atoms in total. The summed E-state index contributed by atoms with van der Waals surface area (Å²) in [7, 11) is 0. The Morgan fingerprint density at radius 1 is 1.50 bits per heavy atom. The van der Waals surface area contributed by atoms with Crippen LogP contribution < -0.4 is 5.32 Å². The van der Waals surface area contributed by atoms with Crippen LogP contribution in [-0.4, -0.2) is 36.3 Å². The van der Waals surface area contributed by atoms with Crippen molar-refractivity contribution in [3.63, 3.8) is 0 Å². The molecular weight excluding hydrogens is 248 g/mol. The van der Waals surface area contributed by atoms with Crippen molar-refractivity contribution < 1.29 is 9.59 Å². The third-order valence-corrected chi connectivity index (χ3v) is 3.89. The van der Waals surface area contributed by atoms with Gasteiger partial charge in [-0.25, -0.2) is 0 Å². The van der Waals surface area contributed by atoms with Gasteiger partial charge >= 0.3 is 0 Å². The highest BCUT2D eigenvalue weighted by Gasteiger charge is 2.16. The summed E-state index contributed by atoms with van der Waals surface area (Å²) in [6.45, 7) is 3.64. The number of carbonyl (C=O) groups is 2. The summed E-state index contributed by atoms with van der Waals surface area (Å²) in [5.41, 5.74) is 1.18. The molecule has 18 heavy (non-hydrogen) atoms. The quantitative estimate of drug-likeness (QED) is 0.821. The van der Waals surface area contributed by atoms with Crippen LogP contribution in [0.1, 0.15) is 16.9 Å². The molecule has 1 aromatic rings. The zero-order chi connectivity index (χ0) is 13.0. The van der Waals surface area contributed by atoms with Gasteiger partial charge in [0.1, 0.15) is 0 Å². The normalized spacial score (nSPS) is 16.7. The minimum Gasteiger partial charge on any atom is -0.354 e. The molecule has 1 fully saturated rings. The number of rotatable bonds is 2. The van der Waals surface area contributed by atoms with Gasteiger partial charge < -0.3 is 10.2 Å². The lowest BCUT2D eigenvalue weighted by Gasteiger charge is -2.16. The molecule has 0 aromatic carbocycles. The van der Waals surface area contributed by atoms with Gasteiger partial charge in [-0.15, -0.1) is 11.3 Å². The van der Waals surface area contributed by atoms with Crippen LogP contribution in [0.3, 0.4) is 0 Å². The summed E-state index contributed by atoms with van der Waals surface area (Å²) in [4.78, 5) is 26.0. The highest BCUT2D eigenvalue weighted by Crippen LogP contribution is 2.17. The molecular formula is C13H16N2O2S. The molecule has 1 aromatic heterocycles. The molecule has 1 aliphatic rings. The van der Waals surface area contributed by atoms with Gasteiger partial charge in [0.2, 0.25) is 11.8 Å². The summed E-state index contributed by atoms with van der Waals surface area (Å²) in [6, 6.07) is 2.03. The van der Waals surface area contributed by atoms with Gasteiger partial charge in [0.15, 0.2) is 0 Å². The van der Waals surface area contributed by atoms with Crippen LogP contribution in [0.4, 0.5) is 0 Å². The number of aryl methyl sites for hydroxylation is 1. The van der Waals surface area contributed by atoms with Gasteiger partial charge in [0.25, 0.3) is 0 Å². The highest BCUT2D eigenvalue weighted by molar-refractivity contribution is 7.11. The average molecular weight is 264 g/mol. The second-order valence-electron chi connectivity index (χ2n) is 4.23. The van der Waals surface area contributed by atoms with Crippen molar-refractivity contribution in [2.45, 2.75) is 13.3 Å². The summed E-state index contributed by atoms with van der Waals surface area (Å²) in [5.74, 6) is -0.0114. The molecule has 96 valence electrons. The Morgan fingerprint density at radius 2 is 2.33 bits per heavy atom. The topological polar surface area (TPSA) is 49.4 Å². The molecule has 1 saturated heterocycles. The molecule has 0 saturated carbocycles. The molecule has 0 unspecified atom stereocenters. The Labute approximate surface area is 110 Å². The van der Waals surface area contributed by atoms with Crippen LogP contribution >= 0.6 is 11.3 Å². The van der Waals surface area contributed by atoms with E-state index >= 15 is 0 Å². The van der Waals surface area contributed by atoms with E-state index in [0.29, 0.717) is 26.1 Å². The first-order valence-electron chi connectivity index (χ1n) is 5.94. The van der Waals surface area contributed by atoms with E-state index in [4.69, 9.17) is 0 Å². The molecule has 0 spiro atoms. The first-order valence-corrected chi connectivity index (χ1v) is 6.82. The summed E-state index contributed by atoms with van der Waals surface area (Å²) in [6.07, 6.45) is 3.83. The Balaban J connectivity index is 1.97. The van der Waals surface area contributed by atoms with E-state index in [-0.39, 0.29) is 11.8 Å². The van der Waals surface area contributed by atoms with Crippen molar-refractivity contribution in [3.8, 4) is 0 Å². The highest BCUT2D eigenvalue weighted by atomic mass is 32.1.